The van der Waals surface area contributed by atoms with Crippen LogP contribution in [0.1, 0.15) is 17.0 Å². The van der Waals surface area contributed by atoms with Gasteiger partial charge in [0.05, 0.1) is 23.0 Å². The Morgan fingerprint density at radius 2 is 1.92 bits per heavy atom. The number of hydrogen-bond donors (Lipinski definition) is 1. The number of aryl methyl sites for hydroxylation is 1. The Labute approximate surface area is 153 Å². The molecule has 1 aliphatic heterocycles. The summed E-state index contributed by atoms with van der Waals surface area (Å²) in [6, 6.07) is 15.8. The van der Waals surface area contributed by atoms with Crippen molar-refractivity contribution in [2.45, 2.75) is 20.0 Å². The monoisotopic (exact) mass is 344 g/mol. The van der Waals surface area contributed by atoms with Crippen molar-refractivity contribution in [1.29, 1.82) is 10.5 Å². The van der Waals surface area contributed by atoms with Crippen molar-refractivity contribution in [3.63, 3.8) is 0 Å². The molecule has 2 atom stereocenters. The number of nitrogens with zero attached hydrogens (tertiary/aromatic N) is 5. The summed E-state index contributed by atoms with van der Waals surface area (Å²) in [5.41, 5.74) is 10.9. The molecule has 26 heavy (non-hydrogen) atoms. The summed E-state index contributed by atoms with van der Waals surface area (Å²) < 4.78 is 2.06. The van der Waals surface area contributed by atoms with Crippen molar-refractivity contribution >= 4 is 17.5 Å². The van der Waals surface area contributed by atoms with Crippen molar-refractivity contribution in [1.82, 2.24) is 4.57 Å². The third kappa shape index (κ3) is 2.88. The Morgan fingerprint density at radius 3 is 2.46 bits per heavy atom. The Bertz CT molecular complexity index is 968. The highest BCUT2D eigenvalue weighted by Gasteiger charge is 2.37. The normalized spacial score (nSPS) is 19.8. The molecule has 2 aromatic rings. The average molecular weight is 344 g/mol. The Kier molecular flexibility index (Phi) is 4.62. The van der Waals surface area contributed by atoms with Crippen LogP contribution in [-0.2, 0) is 7.05 Å². The second-order valence-corrected chi connectivity index (χ2v) is 6.32. The number of hydrogen-bond acceptors (Lipinski definition) is 5. The van der Waals surface area contributed by atoms with E-state index in [0.29, 0.717) is 11.3 Å². The molecule has 0 radical (unpaired) electrons. The molecule has 130 valence electrons. The second kappa shape index (κ2) is 6.87. The van der Waals surface area contributed by atoms with Gasteiger partial charge in [0.1, 0.15) is 18.2 Å². The van der Waals surface area contributed by atoms with E-state index in [2.05, 4.69) is 21.8 Å². The molecular formula is C20H20N6. The van der Waals surface area contributed by atoms with Crippen LogP contribution in [0.15, 0.2) is 47.1 Å². The number of nitriles is 2. The molecular weight excluding hydrogens is 324 g/mol. The topological polar surface area (TPSA) is 94.1 Å². The van der Waals surface area contributed by atoms with E-state index in [-0.39, 0.29) is 0 Å². The second-order valence-electron chi connectivity index (χ2n) is 6.32. The zero-order valence-electron chi connectivity index (χ0n) is 15.0. The van der Waals surface area contributed by atoms with Crippen LogP contribution in [0, 0.1) is 42.4 Å². The smallest absolute Gasteiger partial charge is 0.127 e. The fourth-order valence-corrected chi connectivity index (χ4v) is 3.07. The number of para-hydroxylation sites is 1. The predicted molar refractivity (Wildman–Crippen MR) is 102 cm³/mol. The van der Waals surface area contributed by atoms with Gasteiger partial charge in [0.15, 0.2) is 0 Å². The van der Waals surface area contributed by atoms with E-state index in [9.17, 15) is 10.5 Å². The quantitative estimate of drug-likeness (QED) is 0.866. The minimum Gasteiger partial charge on any atom is -0.352 e. The van der Waals surface area contributed by atoms with Crippen molar-refractivity contribution in [2.75, 3.05) is 5.01 Å². The van der Waals surface area contributed by atoms with Gasteiger partial charge in [0.25, 0.3) is 0 Å². The lowest BCUT2D eigenvalue weighted by atomic mass is 9.95. The molecule has 1 aromatic carbocycles. The lowest BCUT2D eigenvalue weighted by Crippen LogP contribution is -2.40. The van der Waals surface area contributed by atoms with E-state index in [0.717, 1.165) is 22.6 Å². The van der Waals surface area contributed by atoms with Crippen LogP contribution in [0.4, 0.5) is 5.69 Å². The number of nitrogens with two attached hydrogens (primary N) is 1. The molecule has 0 unspecified atom stereocenters. The summed E-state index contributed by atoms with van der Waals surface area (Å²) in [6.45, 7) is 4.00. The Hall–Kier alpha value is -3.35. The molecule has 0 saturated heterocycles. The van der Waals surface area contributed by atoms with Gasteiger partial charge < -0.3 is 10.3 Å². The summed E-state index contributed by atoms with van der Waals surface area (Å²) in [5.74, 6) is -0.675. The highest BCUT2D eigenvalue weighted by molar-refractivity contribution is 6.11. The number of anilines is 1. The van der Waals surface area contributed by atoms with E-state index in [1.54, 1.807) is 11.1 Å². The van der Waals surface area contributed by atoms with Gasteiger partial charge in [-0.15, -0.1) is 0 Å². The van der Waals surface area contributed by atoms with E-state index < -0.39 is 12.1 Å². The molecule has 0 bridgehead atoms. The third-order valence-electron chi connectivity index (χ3n) is 4.80. The molecule has 3 rings (SSSR count). The minimum absolute atomic E-state index is 0.360. The summed E-state index contributed by atoms with van der Waals surface area (Å²) in [7, 11) is 1.98. The van der Waals surface area contributed by atoms with Gasteiger partial charge in [-0.05, 0) is 43.7 Å². The van der Waals surface area contributed by atoms with Crippen molar-refractivity contribution < 1.29 is 0 Å². The van der Waals surface area contributed by atoms with Crippen molar-refractivity contribution in [3.8, 4) is 12.1 Å². The van der Waals surface area contributed by atoms with Crippen molar-refractivity contribution in [3.05, 3.63) is 58.9 Å². The maximum absolute atomic E-state index is 9.70. The summed E-state index contributed by atoms with van der Waals surface area (Å²) in [4.78, 5) is 0. The Morgan fingerprint density at radius 1 is 1.23 bits per heavy atom. The largest absolute Gasteiger partial charge is 0.352 e. The first kappa shape index (κ1) is 17.5. The van der Waals surface area contributed by atoms with Gasteiger partial charge in [-0.3, -0.25) is 0 Å². The molecule has 0 fully saturated rings. The summed E-state index contributed by atoms with van der Waals surface area (Å²) >= 11 is 0. The van der Waals surface area contributed by atoms with Crippen LogP contribution in [-0.4, -0.2) is 16.4 Å². The molecule has 2 heterocycles. The maximum Gasteiger partial charge on any atom is 0.127 e. The lowest BCUT2D eigenvalue weighted by molar-refractivity contribution is 0.624. The lowest BCUT2D eigenvalue weighted by Gasteiger charge is -2.21. The standard InChI is InChI=1S/C20H20N6/c1-13-9-15(14(2)25(13)3)10-16(11-21)19-18(12-22)20(23)26(24-19)17-7-5-4-6-8-17/h4-10,18,20H,23H2,1-3H3/b16-10-/t18-,20+/m1/s1. The fraction of sp³-hybridized carbons (Fsp3) is 0.250. The van der Waals surface area contributed by atoms with Crippen LogP contribution in [0.5, 0.6) is 0 Å². The first-order chi connectivity index (χ1) is 12.5. The van der Waals surface area contributed by atoms with Crippen LogP contribution in [0.3, 0.4) is 0 Å². The van der Waals surface area contributed by atoms with E-state index in [1.165, 1.54) is 0 Å². The van der Waals surface area contributed by atoms with E-state index >= 15 is 0 Å². The first-order valence-electron chi connectivity index (χ1n) is 8.31. The summed E-state index contributed by atoms with van der Waals surface area (Å²) in [6.07, 6.45) is 1.15. The molecule has 0 saturated carbocycles. The SMILES string of the molecule is Cc1cc(/C=C(/C#N)C2=NN(c3ccccc3)[C@H](N)[C@@H]2C#N)c(C)n1C. The minimum atomic E-state index is -0.675. The number of aromatic nitrogens is 1. The third-order valence-corrected chi connectivity index (χ3v) is 4.80. The number of rotatable bonds is 3. The molecule has 1 aromatic heterocycles. The van der Waals surface area contributed by atoms with Crippen LogP contribution in [0.2, 0.25) is 0 Å². The first-order valence-corrected chi connectivity index (χ1v) is 8.31. The Balaban J connectivity index is 2.06. The highest BCUT2D eigenvalue weighted by Crippen LogP contribution is 2.29. The van der Waals surface area contributed by atoms with E-state index in [1.807, 2.05) is 57.3 Å². The zero-order valence-corrected chi connectivity index (χ0v) is 15.0. The number of benzene rings is 1. The molecule has 2 N–H and O–H groups in total. The molecule has 1 aliphatic rings. The highest BCUT2D eigenvalue weighted by atomic mass is 15.5. The van der Waals surface area contributed by atoms with Gasteiger partial charge >= 0.3 is 0 Å². The molecule has 6 nitrogen and oxygen atoms in total. The number of hydrazone groups is 1. The fourth-order valence-electron chi connectivity index (χ4n) is 3.07. The van der Waals surface area contributed by atoms with Crippen LogP contribution >= 0.6 is 0 Å². The zero-order chi connectivity index (χ0) is 18.8. The number of allylic oxidation sites excluding steroid dienone is 1. The van der Waals surface area contributed by atoms with Gasteiger partial charge in [-0.1, -0.05) is 18.2 Å². The van der Waals surface area contributed by atoms with Gasteiger partial charge in [0, 0.05) is 18.4 Å². The van der Waals surface area contributed by atoms with Crippen LogP contribution < -0.4 is 10.7 Å². The average Bonchev–Trinajstić information content (AvgIpc) is 3.11. The molecule has 0 spiro atoms. The summed E-state index contributed by atoms with van der Waals surface area (Å²) in [5, 5.41) is 25.4. The maximum atomic E-state index is 9.70. The molecule has 0 amide bonds. The molecule has 6 heteroatoms. The van der Waals surface area contributed by atoms with Gasteiger partial charge in [-0.2, -0.15) is 15.6 Å². The predicted octanol–water partition coefficient (Wildman–Crippen LogP) is 2.85. The van der Waals surface area contributed by atoms with Gasteiger partial charge in [0.2, 0.25) is 0 Å². The van der Waals surface area contributed by atoms with Crippen LogP contribution in [0.25, 0.3) is 6.08 Å². The van der Waals surface area contributed by atoms with E-state index in [4.69, 9.17) is 5.73 Å². The van der Waals surface area contributed by atoms with Gasteiger partial charge in [-0.25, -0.2) is 5.01 Å². The molecule has 0 aliphatic carbocycles. The van der Waals surface area contributed by atoms with Crippen molar-refractivity contribution in [2.24, 2.45) is 23.8 Å².